The zero-order valence-electron chi connectivity index (χ0n) is 17.4. The molecule has 0 aliphatic carbocycles. The normalized spacial score (nSPS) is 14.1. The van der Waals surface area contributed by atoms with E-state index in [1.807, 2.05) is 24.3 Å². The molecule has 9 heteroatoms. The Morgan fingerprint density at radius 2 is 1.84 bits per heavy atom. The maximum Gasteiger partial charge on any atom is 0.234 e. The van der Waals surface area contributed by atoms with Crippen LogP contribution in [0.25, 0.3) is 0 Å². The molecule has 0 spiro atoms. The van der Waals surface area contributed by atoms with Gasteiger partial charge in [-0.05, 0) is 42.5 Å². The number of ether oxygens (including phenoxy) is 2. The third-order valence-corrected chi connectivity index (χ3v) is 5.72. The number of carbonyl (C=O) groups excluding carboxylic acids is 2. The van der Waals surface area contributed by atoms with Crippen LogP contribution in [0.4, 0.5) is 15.8 Å². The van der Waals surface area contributed by atoms with Crippen LogP contribution in [-0.2, 0) is 14.3 Å². The number of nitrogens with one attached hydrogen (secondary N) is 2. The van der Waals surface area contributed by atoms with Crippen molar-refractivity contribution in [3.63, 3.8) is 0 Å². The molecule has 166 valence electrons. The summed E-state index contributed by atoms with van der Waals surface area (Å²) in [7, 11) is 1.60. The van der Waals surface area contributed by atoms with Crippen molar-refractivity contribution in [2.24, 2.45) is 0 Å². The summed E-state index contributed by atoms with van der Waals surface area (Å²) in [4.78, 5) is 27.5. The van der Waals surface area contributed by atoms with E-state index in [1.165, 1.54) is 30.0 Å². The molecule has 1 aliphatic heterocycles. The number of hydrogen-bond acceptors (Lipinski definition) is 6. The summed E-state index contributed by atoms with van der Waals surface area (Å²) in [6.45, 7) is 3.49. The smallest absolute Gasteiger partial charge is 0.234 e. The van der Waals surface area contributed by atoms with E-state index in [1.54, 1.807) is 7.11 Å². The average Bonchev–Trinajstić information content (AvgIpc) is 2.79. The standard InChI is InChI=1S/C22H26FN3O4S/c1-29-17-3-5-18(6-4-17)31-15-22(28)24-16-2-7-19(23)20(14-16)25-21(27)8-9-26-10-12-30-13-11-26/h2-7,14H,8-13,15H2,1H3,(H,24,28)(H,25,27). The first-order valence-electron chi connectivity index (χ1n) is 9.99. The Hall–Kier alpha value is -2.62. The number of methoxy groups -OCH3 is 1. The van der Waals surface area contributed by atoms with Gasteiger partial charge in [0.2, 0.25) is 11.8 Å². The Bertz CT molecular complexity index is 889. The lowest BCUT2D eigenvalue weighted by molar-refractivity contribution is -0.117. The maximum absolute atomic E-state index is 14.1. The molecule has 2 aromatic carbocycles. The van der Waals surface area contributed by atoms with Gasteiger partial charge >= 0.3 is 0 Å². The van der Waals surface area contributed by atoms with E-state index in [4.69, 9.17) is 9.47 Å². The number of thioether (sulfide) groups is 1. The second kappa shape index (κ2) is 11.7. The molecule has 2 N–H and O–H groups in total. The number of rotatable bonds is 9. The van der Waals surface area contributed by atoms with E-state index in [0.29, 0.717) is 25.4 Å². The fourth-order valence-corrected chi connectivity index (χ4v) is 3.71. The molecule has 0 atom stereocenters. The van der Waals surface area contributed by atoms with Gasteiger partial charge in [-0.15, -0.1) is 11.8 Å². The second-order valence-corrected chi connectivity index (χ2v) is 8.01. The molecule has 2 amide bonds. The Balaban J connectivity index is 1.48. The van der Waals surface area contributed by atoms with E-state index >= 15 is 0 Å². The largest absolute Gasteiger partial charge is 0.497 e. The predicted octanol–water partition coefficient (Wildman–Crippen LogP) is 3.23. The van der Waals surface area contributed by atoms with Crippen LogP contribution < -0.4 is 15.4 Å². The van der Waals surface area contributed by atoms with Gasteiger partial charge in [-0.1, -0.05) is 0 Å². The molecule has 2 aromatic rings. The van der Waals surface area contributed by atoms with E-state index in [0.717, 1.165) is 23.7 Å². The Morgan fingerprint density at radius 3 is 2.55 bits per heavy atom. The van der Waals surface area contributed by atoms with Gasteiger partial charge in [0.05, 0.1) is 31.8 Å². The van der Waals surface area contributed by atoms with Crippen LogP contribution in [0.5, 0.6) is 5.75 Å². The number of hydrogen-bond donors (Lipinski definition) is 2. The topological polar surface area (TPSA) is 79.9 Å². The fraction of sp³-hybridized carbons (Fsp3) is 0.364. The van der Waals surface area contributed by atoms with Crippen LogP contribution in [0.15, 0.2) is 47.4 Å². The summed E-state index contributed by atoms with van der Waals surface area (Å²) in [5.74, 6) is -0.101. The van der Waals surface area contributed by atoms with Crippen LogP contribution in [-0.4, -0.2) is 62.4 Å². The zero-order chi connectivity index (χ0) is 22.1. The second-order valence-electron chi connectivity index (χ2n) is 6.96. The SMILES string of the molecule is COc1ccc(SCC(=O)Nc2ccc(F)c(NC(=O)CCN3CCOCC3)c2)cc1. The molecule has 1 fully saturated rings. The highest BCUT2D eigenvalue weighted by atomic mass is 32.2. The minimum absolute atomic E-state index is 0.0487. The molecule has 0 bridgehead atoms. The average molecular weight is 448 g/mol. The van der Waals surface area contributed by atoms with Crippen molar-refractivity contribution in [2.45, 2.75) is 11.3 Å². The van der Waals surface area contributed by atoms with Gasteiger partial charge < -0.3 is 20.1 Å². The van der Waals surface area contributed by atoms with Crippen molar-refractivity contribution in [2.75, 3.05) is 56.3 Å². The summed E-state index contributed by atoms with van der Waals surface area (Å²) >= 11 is 1.38. The third kappa shape index (κ3) is 7.54. The summed E-state index contributed by atoms with van der Waals surface area (Å²) < 4.78 is 24.5. The van der Waals surface area contributed by atoms with Crippen LogP contribution >= 0.6 is 11.8 Å². The number of halogens is 1. The lowest BCUT2D eigenvalue weighted by Gasteiger charge is -2.26. The minimum atomic E-state index is -0.551. The molecule has 31 heavy (non-hydrogen) atoms. The molecule has 1 aliphatic rings. The number of anilines is 2. The monoisotopic (exact) mass is 447 g/mol. The molecule has 0 aromatic heterocycles. The zero-order valence-corrected chi connectivity index (χ0v) is 18.2. The van der Waals surface area contributed by atoms with Crippen LogP contribution in [0.1, 0.15) is 6.42 Å². The van der Waals surface area contributed by atoms with Crippen molar-refractivity contribution in [3.05, 3.63) is 48.3 Å². The van der Waals surface area contributed by atoms with Crippen LogP contribution in [0, 0.1) is 5.82 Å². The van der Waals surface area contributed by atoms with E-state index in [9.17, 15) is 14.0 Å². The van der Waals surface area contributed by atoms with Crippen LogP contribution in [0.2, 0.25) is 0 Å². The Labute approximate surface area is 185 Å². The first-order valence-corrected chi connectivity index (χ1v) is 11.0. The maximum atomic E-state index is 14.1. The summed E-state index contributed by atoms with van der Waals surface area (Å²) in [6, 6.07) is 11.5. The number of nitrogens with zero attached hydrogens (tertiary/aromatic N) is 1. The molecule has 3 rings (SSSR count). The van der Waals surface area contributed by atoms with Crippen LogP contribution in [0.3, 0.4) is 0 Å². The van der Waals surface area contributed by atoms with Crippen molar-refractivity contribution in [3.8, 4) is 5.75 Å². The number of amides is 2. The molecular formula is C22H26FN3O4S. The van der Waals surface area contributed by atoms with E-state index in [2.05, 4.69) is 15.5 Å². The number of morpholine rings is 1. The molecular weight excluding hydrogens is 421 g/mol. The highest BCUT2D eigenvalue weighted by molar-refractivity contribution is 8.00. The highest BCUT2D eigenvalue weighted by Crippen LogP contribution is 2.23. The van der Waals surface area contributed by atoms with Crippen molar-refractivity contribution >= 4 is 35.0 Å². The molecule has 0 saturated carbocycles. The van der Waals surface area contributed by atoms with E-state index in [-0.39, 0.29) is 29.7 Å². The first-order chi connectivity index (χ1) is 15.0. The van der Waals surface area contributed by atoms with Gasteiger partial charge in [0.1, 0.15) is 11.6 Å². The Kier molecular flexibility index (Phi) is 8.69. The number of benzene rings is 2. The van der Waals surface area contributed by atoms with Gasteiger partial charge in [0.15, 0.2) is 0 Å². The molecule has 1 saturated heterocycles. The van der Waals surface area contributed by atoms with Crippen molar-refractivity contribution in [1.29, 1.82) is 0 Å². The van der Waals surface area contributed by atoms with Gasteiger partial charge in [0, 0.05) is 36.6 Å². The first kappa shape index (κ1) is 23.1. The van der Waals surface area contributed by atoms with Gasteiger partial charge in [0.25, 0.3) is 0 Å². The lowest BCUT2D eigenvalue weighted by atomic mass is 10.2. The van der Waals surface area contributed by atoms with Gasteiger partial charge in [-0.3, -0.25) is 14.5 Å². The highest BCUT2D eigenvalue weighted by Gasteiger charge is 2.14. The van der Waals surface area contributed by atoms with Gasteiger partial charge in [-0.25, -0.2) is 4.39 Å². The molecule has 0 unspecified atom stereocenters. The quantitative estimate of drug-likeness (QED) is 0.575. The Morgan fingerprint density at radius 1 is 1.10 bits per heavy atom. The molecule has 1 heterocycles. The molecule has 0 radical (unpaired) electrons. The summed E-state index contributed by atoms with van der Waals surface area (Å²) in [6.07, 6.45) is 0.258. The molecule has 7 nitrogen and oxygen atoms in total. The van der Waals surface area contributed by atoms with Crippen molar-refractivity contribution in [1.82, 2.24) is 4.90 Å². The van der Waals surface area contributed by atoms with Crippen molar-refractivity contribution < 1.29 is 23.5 Å². The summed E-state index contributed by atoms with van der Waals surface area (Å²) in [5, 5.41) is 5.33. The predicted molar refractivity (Wildman–Crippen MR) is 119 cm³/mol. The van der Waals surface area contributed by atoms with E-state index < -0.39 is 5.82 Å². The lowest BCUT2D eigenvalue weighted by Crippen LogP contribution is -2.38. The summed E-state index contributed by atoms with van der Waals surface area (Å²) in [5.41, 5.74) is 0.470. The fourth-order valence-electron chi connectivity index (χ4n) is 3.01. The third-order valence-electron chi connectivity index (χ3n) is 4.71. The minimum Gasteiger partial charge on any atom is -0.497 e. The van der Waals surface area contributed by atoms with Gasteiger partial charge in [-0.2, -0.15) is 0 Å². The number of carbonyl (C=O) groups is 2.